The summed E-state index contributed by atoms with van der Waals surface area (Å²) in [5, 5.41) is 79.1. The highest BCUT2D eigenvalue weighted by atomic mass is 16.4. The third-order valence-corrected chi connectivity index (χ3v) is 22.0. The number of hydrogen-bond acceptors (Lipinski definition) is 18. The molecule has 39 nitrogen and oxygen atoms in total. The molecule has 0 bridgehead atoms. The van der Waals surface area contributed by atoms with E-state index in [1.54, 1.807) is 179 Å². The third-order valence-electron chi connectivity index (χ3n) is 22.0. The first-order valence-electron chi connectivity index (χ1n) is 43.8. The molecule has 0 spiro atoms. The maximum atomic E-state index is 15.6. The monoisotopic (exact) mass is 1780 g/mol. The maximum Gasteiger partial charge on any atom is 0.326 e. The van der Waals surface area contributed by atoms with Gasteiger partial charge in [-0.3, -0.25) is 79.2 Å². The molecule has 39 heteroatoms. The van der Waals surface area contributed by atoms with Crippen LogP contribution < -0.4 is 103 Å². The minimum Gasteiger partial charge on any atom is -0.480 e. The van der Waals surface area contributed by atoms with Crippen molar-refractivity contribution in [3.05, 3.63) is 179 Å². The molecule has 0 aliphatic carbocycles. The van der Waals surface area contributed by atoms with E-state index in [1.165, 1.54) is 9.80 Å². The molecule has 7 rings (SSSR count). The minimum absolute atomic E-state index is 0.0189. The number of nitrogens with one attached hydrogen (secondary N) is 18. The number of carbonyl (C=O) groups is 13. The SMILES string of the molecule is CC(C)C[C@H](NC(=O)[C@H](Cc1ccccc1)NC(=O)[C@@H]1CCCN1C(=O)[C@H](Cc1ccccc1)NC(=O)[C@H](Cc1ccccc1)NC(=O)[C@H](Cc1ccccc1)NC(=O)[C@@H]1CCCN1C(=O)[C@H](Cc1ccccc1)NC(=O)[C@H](CCCNC(=N)N)NC(=O)[C@H](CCCNC(=N)N)NC(=O)[C@@H](N)C(C)C)C(=O)N[C@@H](CCCNC(=N)N)C(=O)N[C@@H](CCCNC(=N)N)C(=O)O. The zero-order valence-corrected chi connectivity index (χ0v) is 73.6. The van der Waals surface area contributed by atoms with Gasteiger partial charge in [0.1, 0.15) is 72.5 Å². The summed E-state index contributed by atoms with van der Waals surface area (Å²) in [6.45, 7) is 7.63. The largest absolute Gasteiger partial charge is 0.480 e. The fourth-order valence-electron chi connectivity index (χ4n) is 15.2. The highest BCUT2D eigenvalue weighted by molar-refractivity contribution is 6.01. The Morgan fingerprint density at radius 3 is 0.868 bits per heavy atom. The van der Waals surface area contributed by atoms with Crippen molar-refractivity contribution in [1.29, 1.82) is 21.6 Å². The van der Waals surface area contributed by atoms with Crippen LogP contribution in [-0.2, 0) is 94.4 Å². The molecule has 5 aromatic rings. The van der Waals surface area contributed by atoms with Gasteiger partial charge in [0.2, 0.25) is 70.9 Å². The molecule has 129 heavy (non-hydrogen) atoms. The van der Waals surface area contributed by atoms with Gasteiger partial charge < -0.3 is 118 Å². The Balaban J connectivity index is 1.14. The predicted molar refractivity (Wildman–Crippen MR) is 486 cm³/mol. The average Bonchev–Trinajstić information content (AvgIpc) is 1.72. The number of carboxylic acid groups (broad SMARTS) is 1. The van der Waals surface area contributed by atoms with Crippen molar-refractivity contribution >= 4 is 101 Å². The van der Waals surface area contributed by atoms with Crippen LogP contribution in [0.15, 0.2) is 152 Å². The highest BCUT2D eigenvalue weighted by Gasteiger charge is 2.44. The lowest BCUT2D eigenvalue weighted by atomic mass is 9.99. The molecule has 29 N–H and O–H groups in total. The standard InChI is InChI=1S/C90H129N25O14/c1-54(2)48-65(77(119)105-61(36-20-42-100-87(92)93)75(117)107-64(86(128)129)39-23-45-103-90(98)99)108-78(120)67(50-57-28-12-6-13-29-57)110-81(123)72-41-25-47-115(72)85(127)70(53-60-34-18-9-19-35-60)113-80(122)66(49-56-26-10-5-11-27-56)109-79(121)68(51-58-30-14-7-15-31-58)111-82(124)71-40-24-46-114(71)84(126)69(52-59-32-16-8-17-33-59)112-76(118)62(37-21-43-101-88(94)95)104-74(116)63(38-22-44-102-89(96)97)106-83(125)73(91)55(3)4/h5-19,26-35,54-55,61-73H,20-25,36-53,91H2,1-4H3,(H,104,116)(H,105,119)(H,106,125)(H,107,117)(H,108,120)(H,109,121)(H,110,123)(H,111,124)(H,112,118)(H,113,122)(H,128,129)(H4,92,93,100)(H4,94,95,101)(H4,96,97,102)(H4,98,99,103)/t61-,62-,63-,64-,65-,66-,67-,68-,69-,70-,71-,72-,73-/m0/s1. The summed E-state index contributed by atoms with van der Waals surface area (Å²) in [4.78, 5) is 194. The second-order valence-corrected chi connectivity index (χ2v) is 33.1. The van der Waals surface area contributed by atoms with Gasteiger partial charge in [0.25, 0.3) is 0 Å². The van der Waals surface area contributed by atoms with E-state index in [-0.39, 0.29) is 178 Å². The van der Waals surface area contributed by atoms with Crippen molar-refractivity contribution in [3.8, 4) is 0 Å². The van der Waals surface area contributed by atoms with Crippen LogP contribution in [0.3, 0.4) is 0 Å². The highest BCUT2D eigenvalue weighted by Crippen LogP contribution is 2.24. The van der Waals surface area contributed by atoms with Crippen LogP contribution in [0, 0.1) is 33.5 Å². The lowest BCUT2D eigenvalue weighted by Gasteiger charge is -2.32. The van der Waals surface area contributed by atoms with Crippen LogP contribution >= 0.6 is 0 Å². The Kier molecular flexibility index (Phi) is 42.1. The molecule has 5 aromatic carbocycles. The predicted octanol–water partition coefficient (Wildman–Crippen LogP) is -0.803. The smallest absolute Gasteiger partial charge is 0.326 e. The fraction of sp³-hybridized carbons (Fsp3) is 0.478. The zero-order valence-electron chi connectivity index (χ0n) is 73.6. The van der Waals surface area contributed by atoms with Gasteiger partial charge in [-0.2, -0.15) is 0 Å². The second-order valence-electron chi connectivity index (χ2n) is 33.1. The second kappa shape index (κ2) is 53.0. The Hall–Kier alpha value is -13.7. The summed E-state index contributed by atoms with van der Waals surface area (Å²) >= 11 is 0. The Bertz CT molecular complexity index is 4580. The maximum absolute atomic E-state index is 15.6. The summed E-state index contributed by atoms with van der Waals surface area (Å²) in [5.74, 6) is -12.5. The number of benzene rings is 5. The van der Waals surface area contributed by atoms with Gasteiger partial charge in [-0.25, -0.2) is 4.79 Å². The van der Waals surface area contributed by atoms with Gasteiger partial charge in [0, 0.05) is 71.4 Å². The molecule has 13 atom stereocenters. The number of rotatable bonds is 52. The van der Waals surface area contributed by atoms with Crippen LogP contribution in [0.2, 0.25) is 0 Å². The molecule has 0 saturated carbocycles. The molecule has 0 aromatic heterocycles. The molecule has 0 radical (unpaired) electrons. The first kappa shape index (κ1) is 102. The molecule has 2 fully saturated rings. The normalized spacial score (nSPS) is 16.0. The number of likely N-dealkylation sites (tertiary alicyclic amines) is 2. The van der Waals surface area contributed by atoms with E-state index in [0.717, 1.165) is 0 Å². The van der Waals surface area contributed by atoms with Crippen molar-refractivity contribution in [2.75, 3.05) is 39.3 Å². The number of amides is 12. The number of carboxylic acids is 1. The molecule has 2 aliphatic rings. The van der Waals surface area contributed by atoms with Gasteiger partial charge in [-0.15, -0.1) is 0 Å². The van der Waals surface area contributed by atoms with Gasteiger partial charge in [-0.1, -0.05) is 179 Å². The van der Waals surface area contributed by atoms with E-state index in [9.17, 15) is 38.7 Å². The molecular formula is C90H129N25O14. The van der Waals surface area contributed by atoms with E-state index < -0.39 is 155 Å². The number of hydrogen-bond donors (Lipinski definition) is 24. The molecule has 2 heterocycles. The van der Waals surface area contributed by atoms with Gasteiger partial charge in [-0.05, 0) is 123 Å². The Morgan fingerprint density at radius 1 is 0.341 bits per heavy atom. The van der Waals surface area contributed by atoms with Crippen molar-refractivity contribution < 1.29 is 67.4 Å². The van der Waals surface area contributed by atoms with Crippen LogP contribution in [-0.4, -0.2) is 233 Å². The average molecular weight is 1790 g/mol. The van der Waals surface area contributed by atoms with Crippen molar-refractivity contribution in [3.63, 3.8) is 0 Å². The van der Waals surface area contributed by atoms with E-state index in [2.05, 4.69) is 74.4 Å². The lowest BCUT2D eigenvalue weighted by molar-refractivity contribution is -0.143. The summed E-state index contributed by atoms with van der Waals surface area (Å²) in [7, 11) is 0. The topological polar surface area (TPSA) is 643 Å². The molecule has 0 unspecified atom stereocenters. The molecule has 698 valence electrons. The molecule has 2 saturated heterocycles. The van der Waals surface area contributed by atoms with Gasteiger partial charge in [0.05, 0.1) is 6.04 Å². The van der Waals surface area contributed by atoms with Crippen molar-refractivity contribution in [2.24, 2.45) is 40.5 Å². The van der Waals surface area contributed by atoms with Gasteiger partial charge in [0.15, 0.2) is 23.8 Å². The summed E-state index contributed by atoms with van der Waals surface area (Å²) in [6.07, 6.45) is 0.817. The molecule has 12 amide bonds. The summed E-state index contributed by atoms with van der Waals surface area (Å²) in [5.41, 5.74) is 31.2. The lowest BCUT2D eigenvalue weighted by Crippen LogP contribution is -2.61. The molecule has 2 aliphatic heterocycles. The fourth-order valence-corrected chi connectivity index (χ4v) is 15.2. The zero-order chi connectivity index (χ0) is 94.1. The van der Waals surface area contributed by atoms with E-state index in [0.29, 0.717) is 40.7 Å². The van der Waals surface area contributed by atoms with Crippen LogP contribution in [0.1, 0.15) is 139 Å². The van der Waals surface area contributed by atoms with Crippen molar-refractivity contribution in [2.45, 2.75) is 222 Å². The number of guanidine groups is 4. The van der Waals surface area contributed by atoms with E-state index in [4.69, 9.17) is 50.3 Å². The first-order valence-corrected chi connectivity index (χ1v) is 43.8. The first-order chi connectivity index (χ1) is 61.6. The number of aliphatic carboxylic acids is 1. The quantitative estimate of drug-likeness (QED) is 0.0129. The van der Waals surface area contributed by atoms with Crippen LogP contribution in [0.25, 0.3) is 0 Å². The Labute approximate surface area is 751 Å². The number of nitrogens with two attached hydrogens (primary N) is 5. The number of nitrogens with zero attached hydrogens (tertiary/aromatic N) is 2. The van der Waals surface area contributed by atoms with Crippen LogP contribution in [0.4, 0.5) is 0 Å². The third kappa shape index (κ3) is 35.2. The van der Waals surface area contributed by atoms with E-state index >= 15 is 28.8 Å². The number of carbonyl (C=O) groups excluding carboxylic acids is 12. The van der Waals surface area contributed by atoms with Crippen LogP contribution in [0.5, 0.6) is 0 Å². The summed E-state index contributed by atoms with van der Waals surface area (Å²) in [6, 6.07) is 26.4. The van der Waals surface area contributed by atoms with Crippen molar-refractivity contribution in [1.82, 2.24) is 84.2 Å². The Morgan fingerprint density at radius 2 is 0.581 bits per heavy atom. The van der Waals surface area contributed by atoms with E-state index in [1.807, 2.05) is 0 Å². The minimum atomic E-state index is -1.47. The summed E-state index contributed by atoms with van der Waals surface area (Å²) < 4.78 is 0. The molecular weight excluding hydrogens is 1660 g/mol. The van der Waals surface area contributed by atoms with Gasteiger partial charge >= 0.3 is 5.97 Å².